The Kier molecular flexibility index (Phi) is 5.66. The Labute approximate surface area is 139 Å². The van der Waals surface area contributed by atoms with Gasteiger partial charge >= 0.3 is 0 Å². The molecule has 0 aliphatic heterocycles. The molecule has 13 heteroatoms. The second kappa shape index (κ2) is 7.30. The lowest BCUT2D eigenvalue weighted by molar-refractivity contribution is -0.114. The van der Waals surface area contributed by atoms with Crippen LogP contribution in [0.3, 0.4) is 0 Å². The summed E-state index contributed by atoms with van der Waals surface area (Å²) in [5.41, 5.74) is 0. The number of amides is 1. The summed E-state index contributed by atoms with van der Waals surface area (Å²) in [6.45, 7) is 3.34. The minimum atomic E-state index is -3.89. The summed E-state index contributed by atoms with van der Waals surface area (Å²) < 4.78 is 27.0. The topological polar surface area (TPSA) is 127 Å². The standard InChI is InChI=1S/C9H12N6O3S4/c1-3-4-19-8-13-12-7(20-8)15-22(17,18)9-14-11-6(21-9)10-5(2)16/h3-4H2,1-2H3,(H,12,15)(H,10,11,16). The average molecular weight is 381 g/mol. The molecule has 0 unspecified atom stereocenters. The Balaban J connectivity index is 2.08. The fourth-order valence-corrected chi connectivity index (χ4v) is 5.03. The number of nitrogens with one attached hydrogen (secondary N) is 2. The molecule has 0 atom stereocenters. The molecule has 120 valence electrons. The molecule has 2 N–H and O–H groups in total. The maximum Gasteiger partial charge on any atom is 0.293 e. The van der Waals surface area contributed by atoms with Crippen LogP contribution in [0.15, 0.2) is 8.68 Å². The van der Waals surface area contributed by atoms with Gasteiger partial charge in [0.25, 0.3) is 14.4 Å². The molecule has 0 radical (unpaired) electrons. The van der Waals surface area contributed by atoms with Crippen LogP contribution < -0.4 is 10.0 Å². The number of carbonyl (C=O) groups is 1. The van der Waals surface area contributed by atoms with Crippen LogP contribution in [-0.2, 0) is 14.8 Å². The minimum Gasteiger partial charge on any atom is -0.301 e. The van der Waals surface area contributed by atoms with Gasteiger partial charge in [-0.1, -0.05) is 41.4 Å². The lowest BCUT2D eigenvalue weighted by Crippen LogP contribution is -2.12. The molecular weight excluding hydrogens is 368 g/mol. The molecule has 0 spiro atoms. The van der Waals surface area contributed by atoms with Gasteiger partial charge in [-0.15, -0.1) is 20.4 Å². The first kappa shape index (κ1) is 17.1. The van der Waals surface area contributed by atoms with Gasteiger partial charge in [0.1, 0.15) is 0 Å². The van der Waals surface area contributed by atoms with E-state index in [1.807, 2.05) is 6.92 Å². The Hall–Kier alpha value is -1.31. The van der Waals surface area contributed by atoms with Gasteiger partial charge in [-0.25, -0.2) is 0 Å². The molecule has 0 aliphatic rings. The van der Waals surface area contributed by atoms with E-state index in [2.05, 4.69) is 30.4 Å². The van der Waals surface area contributed by atoms with Gasteiger partial charge in [0, 0.05) is 12.7 Å². The molecule has 0 aliphatic carbocycles. The van der Waals surface area contributed by atoms with Gasteiger partial charge in [0.2, 0.25) is 16.2 Å². The van der Waals surface area contributed by atoms with E-state index < -0.39 is 10.0 Å². The maximum atomic E-state index is 12.1. The molecule has 0 fully saturated rings. The molecule has 0 saturated carbocycles. The summed E-state index contributed by atoms with van der Waals surface area (Å²) in [4.78, 5) is 10.9. The predicted molar refractivity (Wildman–Crippen MR) is 85.9 cm³/mol. The lowest BCUT2D eigenvalue weighted by Gasteiger charge is -1.98. The van der Waals surface area contributed by atoms with Gasteiger partial charge in [-0.2, -0.15) is 8.42 Å². The van der Waals surface area contributed by atoms with Gasteiger partial charge in [-0.05, 0) is 6.42 Å². The largest absolute Gasteiger partial charge is 0.301 e. The average Bonchev–Trinajstić information content (AvgIpc) is 3.05. The molecule has 2 heterocycles. The zero-order chi connectivity index (χ0) is 16.2. The maximum absolute atomic E-state index is 12.1. The number of thioether (sulfide) groups is 1. The van der Waals surface area contributed by atoms with E-state index in [9.17, 15) is 13.2 Å². The van der Waals surface area contributed by atoms with Crippen LogP contribution in [0.4, 0.5) is 10.3 Å². The van der Waals surface area contributed by atoms with Crippen molar-refractivity contribution < 1.29 is 13.2 Å². The number of sulfonamides is 1. The van der Waals surface area contributed by atoms with Gasteiger partial charge in [0.05, 0.1) is 0 Å². The molecular formula is C9H12N6O3S4. The van der Waals surface area contributed by atoms with Crippen molar-refractivity contribution in [3.8, 4) is 0 Å². The first-order chi connectivity index (χ1) is 10.4. The molecule has 0 bridgehead atoms. The number of hydrogen-bond acceptors (Lipinski definition) is 10. The van der Waals surface area contributed by atoms with Gasteiger partial charge in [-0.3, -0.25) is 9.52 Å². The van der Waals surface area contributed by atoms with Crippen molar-refractivity contribution in [1.29, 1.82) is 0 Å². The van der Waals surface area contributed by atoms with E-state index in [0.29, 0.717) is 4.34 Å². The SMILES string of the molecule is CCCSc1nnc(NS(=O)(=O)c2nnc(NC(C)=O)s2)s1. The molecule has 9 nitrogen and oxygen atoms in total. The molecule has 22 heavy (non-hydrogen) atoms. The number of carbonyl (C=O) groups excluding carboxylic acids is 1. The van der Waals surface area contributed by atoms with Crippen molar-refractivity contribution in [3.05, 3.63) is 0 Å². The highest BCUT2D eigenvalue weighted by Crippen LogP contribution is 2.28. The zero-order valence-electron chi connectivity index (χ0n) is 11.6. The fraction of sp³-hybridized carbons (Fsp3) is 0.444. The van der Waals surface area contributed by atoms with E-state index in [4.69, 9.17) is 0 Å². The summed E-state index contributed by atoms with van der Waals surface area (Å²) in [5, 5.41) is 17.5. The number of rotatable bonds is 7. The van der Waals surface area contributed by atoms with E-state index in [1.54, 1.807) is 0 Å². The highest BCUT2D eigenvalue weighted by molar-refractivity contribution is 8.01. The highest BCUT2D eigenvalue weighted by Gasteiger charge is 2.22. The third-order valence-corrected chi connectivity index (χ3v) is 6.83. The number of hydrogen-bond donors (Lipinski definition) is 2. The summed E-state index contributed by atoms with van der Waals surface area (Å²) in [7, 11) is -3.89. The summed E-state index contributed by atoms with van der Waals surface area (Å²) in [6.07, 6.45) is 0.988. The number of nitrogens with zero attached hydrogens (tertiary/aromatic N) is 4. The summed E-state index contributed by atoms with van der Waals surface area (Å²) in [6, 6.07) is 0. The Morgan fingerprint density at radius 2 is 1.91 bits per heavy atom. The second-order valence-corrected chi connectivity index (χ2v) is 9.03. The van der Waals surface area contributed by atoms with Gasteiger partial charge in [0.15, 0.2) is 4.34 Å². The monoisotopic (exact) mass is 380 g/mol. The van der Waals surface area contributed by atoms with Crippen LogP contribution in [0, 0.1) is 0 Å². The zero-order valence-corrected chi connectivity index (χ0v) is 14.8. The Morgan fingerprint density at radius 1 is 1.18 bits per heavy atom. The van der Waals surface area contributed by atoms with Crippen molar-refractivity contribution in [2.75, 3.05) is 15.8 Å². The molecule has 2 rings (SSSR count). The van der Waals surface area contributed by atoms with E-state index in [1.165, 1.54) is 18.7 Å². The van der Waals surface area contributed by atoms with Crippen molar-refractivity contribution in [2.45, 2.75) is 28.9 Å². The smallest absolute Gasteiger partial charge is 0.293 e. The molecule has 2 aromatic heterocycles. The molecule has 1 amide bonds. The van der Waals surface area contributed by atoms with Crippen LogP contribution >= 0.6 is 34.4 Å². The Morgan fingerprint density at radius 3 is 2.59 bits per heavy atom. The quantitative estimate of drug-likeness (QED) is 0.548. The molecule has 0 aromatic carbocycles. The molecule has 2 aromatic rings. The van der Waals surface area contributed by atoms with E-state index in [-0.39, 0.29) is 20.5 Å². The Bertz CT molecular complexity index is 755. The first-order valence-electron chi connectivity index (χ1n) is 6.01. The van der Waals surface area contributed by atoms with Crippen molar-refractivity contribution in [2.24, 2.45) is 0 Å². The van der Waals surface area contributed by atoms with Crippen LogP contribution in [0.2, 0.25) is 0 Å². The third kappa shape index (κ3) is 4.59. The summed E-state index contributed by atoms with van der Waals surface area (Å²) in [5.74, 6) is 0.535. The normalized spacial score (nSPS) is 11.4. The van der Waals surface area contributed by atoms with E-state index >= 15 is 0 Å². The van der Waals surface area contributed by atoms with E-state index in [0.717, 1.165) is 34.8 Å². The molecule has 0 saturated heterocycles. The van der Waals surface area contributed by atoms with Crippen LogP contribution in [0.25, 0.3) is 0 Å². The first-order valence-corrected chi connectivity index (χ1v) is 10.1. The lowest BCUT2D eigenvalue weighted by atomic mass is 10.6. The number of anilines is 2. The fourth-order valence-electron chi connectivity index (χ4n) is 1.18. The highest BCUT2D eigenvalue weighted by atomic mass is 32.2. The van der Waals surface area contributed by atoms with Gasteiger partial charge < -0.3 is 5.32 Å². The van der Waals surface area contributed by atoms with Crippen LogP contribution in [0.5, 0.6) is 0 Å². The minimum absolute atomic E-state index is 0.115. The van der Waals surface area contributed by atoms with Crippen molar-refractivity contribution >= 4 is 60.6 Å². The summed E-state index contributed by atoms with van der Waals surface area (Å²) >= 11 is 3.41. The predicted octanol–water partition coefficient (Wildman–Crippen LogP) is 1.65. The van der Waals surface area contributed by atoms with Crippen LogP contribution in [-0.4, -0.2) is 40.5 Å². The van der Waals surface area contributed by atoms with Crippen molar-refractivity contribution in [3.63, 3.8) is 0 Å². The van der Waals surface area contributed by atoms with Crippen LogP contribution in [0.1, 0.15) is 20.3 Å². The van der Waals surface area contributed by atoms with Crippen molar-refractivity contribution in [1.82, 2.24) is 20.4 Å². The second-order valence-electron chi connectivity index (χ2n) is 3.88. The number of aromatic nitrogens is 4. The third-order valence-electron chi connectivity index (χ3n) is 1.98.